The smallest absolute Gasteiger partial charge is 0.321 e. The molecule has 0 spiro atoms. The van der Waals surface area contributed by atoms with Crippen LogP contribution in [0.4, 0.5) is 8.78 Å². The van der Waals surface area contributed by atoms with Crippen LogP contribution in [0.5, 0.6) is 0 Å². The minimum Gasteiger partial charge on any atom is -0.480 e. The largest absolute Gasteiger partial charge is 0.480 e. The molecule has 0 amide bonds. The first-order chi connectivity index (χ1) is 21.0. The van der Waals surface area contributed by atoms with Crippen LogP contribution in [0.25, 0.3) is 0 Å². The van der Waals surface area contributed by atoms with E-state index in [1.165, 1.54) is 29.0 Å². The normalized spacial score (nSPS) is 22.2. The number of likely N-dealkylation sites (tertiary alicyclic amines) is 1. The number of benzene rings is 2. The Kier molecular flexibility index (Phi) is 10.2. The van der Waals surface area contributed by atoms with Gasteiger partial charge in [-0.25, -0.2) is 8.78 Å². The third-order valence-electron chi connectivity index (χ3n) is 10.1. The van der Waals surface area contributed by atoms with Crippen LogP contribution in [0.15, 0.2) is 48.5 Å². The van der Waals surface area contributed by atoms with Gasteiger partial charge in [-0.1, -0.05) is 49.7 Å². The van der Waals surface area contributed by atoms with Crippen LogP contribution in [0.1, 0.15) is 86.4 Å². The summed E-state index contributed by atoms with van der Waals surface area (Å²) in [7, 11) is 2.00. The predicted octanol–water partition coefficient (Wildman–Crippen LogP) is 6.86. The van der Waals surface area contributed by atoms with E-state index in [2.05, 4.69) is 58.7 Å². The standard InChI is InChI=1S/C36H48F2N4O2/c1-6-42-34(20-29(39-42)17-25-10-11-32(37)33(38)18-25)26-12-14-41(15-13-26)22-28-19-30(40(5)35(23(2)3)36(43)44)21-31(28)27-9-7-8-24(4)16-27/h7-11,16,18,20,23,26,28,30-31,35H,6,12-15,17,19,21-22H2,1-5H3,(H,43,44)/t28-,30+,31-,35-/m1/s1. The van der Waals surface area contributed by atoms with Crippen LogP contribution >= 0.6 is 0 Å². The number of rotatable bonds is 11. The number of hydrogen-bond donors (Lipinski definition) is 1. The Balaban J connectivity index is 1.26. The molecule has 1 N–H and O–H groups in total. The Bertz CT molecular complexity index is 1430. The predicted molar refractivity (Wildman–Crippen MR) is 170 cm³/mol. The Labute approximate surface area is 261 Å². The molecule has 6 nitrogen and oxygen atoms in total. The van der Waals surface area contributed by atoms with E-state index in [1.54, 1.807) is 6.07 Å². The summed E-state index contributed by atoms with van der Waals surface area (Å²) >= 11 is 0. The second-order valence-electron chi connectivity index (χ2n) is 13.5. The summed E-state index contributed by atoms with van der Waals surface area (Å²) in [5.74, 6) is -1.06. The number of carboxylic acids is 1. The molecule has 2 aliphatic rings. The third-order valence-corrected chi connectivity index (χ3v) is 10.1. The van der Waals surface area contributed by atoms with Crippen molar-refractivity contribution in [2.75, 3.05) is 26.7 Å². The van der Waals surface area contributed by atoms with Gasteiger partial charge in [0.05, 0.1) is 5.69 Å². The van der Waals surface area contributed by atoms with E-state index < -0.39 is 23.6 Å². The number of carboxylic acid groups (broad SMARTS) is 1. The zero-order valence-electron chi connectivity index (χ0n) is 26.8. The van der Waals surface area contributed by atoms with Crippen LogP contribution < -0.4 is 0 Å². The highest BCUT2D eigenvalue weighted by atomic mass is 19.2. The van der Waals surface area contributed by atoms with E-state index in [0.29, 0.717) is 24.2 Å². The first kappa shape index (κ1) is 32.3. The van der Waals surface area contributed by atoms with E-state index in [9.17, 15) is 18.7 Å². The number of halogens is 2. The molecule has 1 aliphatic carbocycles. The average Bonchev–Trinajstić information content (AvgIpc) is 3.59. The number of nitrogens with zero attached hydrogens (tertiary/aromatic N) is 4. The summed E-state index contributed by atoms with van der Waals surface area (Å²) in [4.78, 5) is 16.9. The van der Waals surface area contributed by atoms with Crippen LogP contribution in [-0.4, -0.2) is 69.4 Å². The van der Waals surface area contributed by atoms with Crippen molar-refractivity contribution in [1.82, 2.24) is 19.6 Å². The maximum Gasteiger partial charge on any atom is 0.321 e. The van der Waals surface area contributed by atoms with Crippen LogP contribution in [-0.2, 0) is 17.8 Å². The maximum absolute atomic E-state index is 13.8. The summed E-state index contributed by atoms with van der Waals surface area (Å²) < 4.78 is 29.3. The van der Waals surface area contributed by atoms with Gasteiger partial charge >= 0.3 is 5.97 Å². The fourth-order valence-corrected chi connectivity index (χ4v) is 7.85. The zero-order valence-corrected chi connectivity index (χ0v) is 26.8. The molecule has 1 saturated carbocycles. The summed E-state index contributed by atoms with van der Waals surface area (Å²) in [5, 5.41) is 14.8. The lowest BCUT2D eigenvalue weighted by atomic mass is 9.86. The molecule has 0 radical (unpaired) electrons. The van der Waals surface area contributed by atoms with Crippen molar-refractivity contribution in [1.29, 1.82) is 0 Å². The van der Waals surface area contributed by atoms with Crippen LogP contribution in [0, 0.1) is 30.4 Å². The van der Waals surface area contributed by atoms with E-state index in [-0.39, 0.29) is 12.0 Å². The number of piperidine rings is 1. The average molecular weight is 607 g/mol. The van der Waals surface area contributed by atoms with E-state index >= 15 is 0 Å². The summed E-state index contributed by atoms with van der Waals surface area (Å²) in [6, 6.07) is 14.8. The lowest BCUT2D eigenvalue weighted by Crippen LogP contribution is -2.47. The fourth-order valence-electron chi connectivity index (χ4n) is 7.85. The van der Waals surface area contributed by atoms with Gasteiger partial charge in [-0.3, -0.25) is 14.4 Å². The van der Waals surface area contributed by atoms with Gasteiger partial charge in [-0.05, 0) is 107 Å². The minimum absolute atomic E-state index is 0.0435. The molecule has 2 fully saturated rings. The Morgan fingerprint density at radius 2 is 1.82 bits per heavy atom. The zero-order chi connectivity index (χ0) is 31.5. The second kappa shape index (κ2) is 13.9. The van der Waals surface area contributed by atoms with Gasteiger partial charge in [-0.2, -0.15) is 5.10 Å². The molecule has 2 aromatic carbocycles. The molecule has 0 bridgehead atoms. The van der Waals surface area contributed by atoms with E-state index in [0.717, 1.165) is 63.1 Å². The molecule has 3 aromatic rings. The lowest BCUT2D eigenvalue weighted by molar-refractivity contribution is -0.145. The van der Waals surface area contributed by atoms with E-state index in [1.807, 2.05) is 20.9 Å². The van der Waals surface area contributed by atoms with E-state index in [4.69, 9.17) is 5.10 Å². The number of likely N-dealkylation sites (N-methyl/N-ethyl adjacent to an activating group) is 1. The lowest BCUT2D eigenvalue weighted by Gasteiger charge is -2.35. The van der Waals surface area contributed by atoms with Gasteiger partial charge in [0.2, 0.25) is 0 Å². The molecule has 4 atom stereocenters. The molecule has 1 saturated heterocycles. The van der Waals surface area contributed by atoms with Crippen molar-refractivity contribution in [3.05, 3.63) is 88.2 Å². The summed E-state index contributed by atoms with van der Waals surface area (Å²) in [6.45, 7) is 12.1. The van der Waals surface area contributed by atoms with Gasteiger partial charge in [0.25, 0.3) is 0 Å². The van der Waals surface area contributed by atoms with Gasteiger partial charge in [0.1, 0.15) is 6.04 Å². The molecule has 44 heavy (non-hydrogen) atoms. The summed E-state index contributed by atoms with van der Waals surface area (Å²) in [5.41, 5.74) is 5.48. The molecule has 238 valence electrons. The highest BCUT2D eigenvalue weighted by molar-refractivity contribution is 5.73. The first-order valence-electron chi connectivity index (χ1n) is 16.3. The SMILES string of the molecule is CCn1nc(Cc2ccc(F)c(F)c2)cc1C1CCN(C[C@H]2C[C@H](N(C)[C@@H](C(=O)O)C(C)C)C[C@@H]2c2cccc(C)c2)CC1. The summed E-state index contributed by atoms with van der Waals surface area (Å²) in [6.07, 6.45) is 4.56. The van der Waals surface area contributed by atoms with Gasteiger partial charge in [0, 0.05) is 37.2 Å². The van der Waals surface area contributed by atoms with Crippen molar-refractivity contribution in [3.63, 3.8) is 0 Å². The van der Waals surface area contributed by atoms with Crippen molar-refractivity contribution in [3.8, 4) is 0 Å². The molecule has 1 aliphatic heterocycles. The molecule has 1 aromatic heterocycles. The molecular formula is C36H48F2N4O2. The second-order valence-corrected chi connectivity index (χ2v) is 13.5. The van der Waals surface area contributed by atoms with Crippen molar-refractivity contribution >= 4 is 5.97 Å². The van der Waals surface area contributed by atoms with Crippen LogP contribution in [0.2, 0.25) is 0 Å². The quantitative estimate of drug-likeness (QED) is 0.258. The van der Waals surface area contributed by atoms with Gasteiger partial charge in [-0.15, -0.1) is 0 Å². The number of aryl methyl sites for hydroxylation is 2. The Morgan fingerprint density at radius 3 is 2.45 bits per heavy atom. The molecule has 8 heteroatoms. The first-order valence-corrected chi connectivity index (χ1v) is 16.3. The van der Waals surface area contributed by atoms with Crippen molar-refractivity contribution in [2.45, 2.75) is 90.3 Å². The van der Waals surface area contributed by atoms with Crippen molar-refractivity contribution < 1.29 is 18.7 Å². The molecule has 2 heterocycles. The van der Waals surface area contributed by atoms with Crippen LogP contribution in [0.3, 0.4) is 0 Å². The third kappa shape index (κ3) is 7.23. The van der Waals surface area contributed by atoms with Gasteiger partial charge in [0.15, 0.2) is 11.6 Å². The number of hydrogen-bond acceptors (Lipinski definition) is 4. The molecular weight excluding hydrogens is 558 g/mol. The number of carbonyl (C=O) groups is 1. The van der Waals surface area contributed by atoms with Crippen molar-refractivity contribution in [2.24, 2.45) is 11.8 Å². The Morgan fingerprint density at radius 1 is 1.07 bits per heavy atom. The molecule has 0 unspecified atom stereocenters. The Hall–Kier alpha value is -3.10. The molecule has 5 rings (SSSR count). The number of aromatic nitrogens is 2. The number of aliphatic carboxylic acids is 1. The topological polar surface area (TPSA) is 61.6 Å². The highest BCUT2D eigenvalue weighted by Crippen LogP contribution is 2.43. The fraction of sp³-hybridized carbons (Fsp3) is 0.556. The highest BCUT2D eigenvalue weighted by Gasteiger charge is 2.41. The maximum atomic E-state index is 13.8. The minimum atomic E-state index is -0.828. The van der Waals surface area contributed by atoms with Gasteiger partial charge < -0.3 is 10.0 Å². The monoisotopic (exact) mass is 606 g/mol.